The maximum absolute atomic E-state index is 6.92. The second kappa shape index (κ2) is 18.0. The maximum atomic E-state index is 6.92. The zero-order valence-electron chi connectivity index (χ0n) is 27.6. The van der Waals surface area contributed by atoms with Crippen LogP contribution in [0, 0.1) is 30.6 Å². The highest BCUT2D eigenvalue weighted by molar-refractivity contribution is 6.37. The molecule has 0 N–H and O–H groups in total. The molecular weight excluding hydrogens is 571 g/mol. The van der Waals surface area contributed by atoms with Crippen molar-refractivity contribution in [3.8, 4) is 33.8 Å². The fourth-order valence-electron chi connectivity index (χ4n) is 5.58. The molecule has 2 nitrogen and oxygen atoms in total. The summed E-state index contributed by atoms with van der Waals surface area (Å²) >= 11 is 13.8. The molecular formula is C39H54Cl2O2. The Kier molecular flexibility index (Phi) is 14.8. The molecule has 0 aliphatic rings. The molecule has 0 fully saturated rings. The number of ether oxygens (including phenoxy) is 2. The molecule has 0 aliphatic carbocycles. The van der Waals surface area contributed by atoms with Gasteiger partial charge in [0.1, 0.15) is 11.5 Å². The predicted octanol–water partition coefficient (Wildman–Crippen LogP) is 13.1. The summed E-state index contributed by atoms with van der Waals surface area (Å²) in [6, 6.07) is 18.3. The first-order chi connectivity index (χ1) is 20.5. The van der Waals surface area contributed by atoms with Crippen LogP contribution in [0.1, 0.15) is 98.5 Å². The van der Waals surface area contributed by atoms with Crippen LogP contribution < -0.4 is 9.47 Å². The molecule has 4 heteroatoms. The Labute approximate surface area is 272 Å². The number of hydrogen-bond donors (Lipinski definition) is 0. The third-order valence-electron chi connectivity index (χ3n) is 8.48. The van der Waals surface area contributed by atoms with E-state index in [0.29, 0.717) is 28.5 Å². The van der Waals surface area contributed by atoms with Gasteiger partial charge in [-0.25, -0.2) is 0 Å². The van der Waals surface area contributed by atoms with Crippen molar-refractivity contribution in [3.05, 3.63) is 70.2 Å². The molecule has 43 heavy (non-hydrogen) atoms. The molecule has 3 aromatic rings. The van der Waals surface area contributed by atoms with Crippen LogP contribution in [-0.2, 0) is 0 Å². The Morgan fingerprint density at radius 3 is 1.77 bits per heavy atom. The zero-order chi connectivity index (χ0) is 31.4. The smallest absolute Gasteiger partial charge is 0.122 e. The van der Waals surface area contributed by atoms with E-state index in [4.69, 9.17) is 32.7 Å². The van der Waals surface area contributed by atoms with Gasteiger partial charge in [0.25, 0.3) is 0 Å². The van der Waals surface area contributed by atoms with Gasteiger partial charge in [-0.05, 0) is 90.5 Å². The van der Waals surface area contributed by atoms with Gasteiger partial charge < -0.3 is 9.47 Å². The molecule has 2 atom stereocenters. The van der Waals surface area contributed by atoms with Gasteiger partial charge in [-0.15, -0.1) is 0 Å². The first-order valence-electron chi connectivity index (χ1n) is 16.5. The highest BCUT2D eigenvalue weighted by Gasteiger charge is 2.15. The molecule has 0 aliphatic heterocycles. The predicted molar refractivity (Wildman–Crippen MR) is 188 cm³/mol. The lowest BCUT2D eigenvalue weighted by Gasteiger charge is -2.17. The molecule has 0 saturated heterocycles. The molecule has 236 valence electrons. The van der Waals surface area contributed by atoms with E-state index >= 15 is 0 Å². The van der Waals surface area contributed by atoms with E-state index in [1.54, 1.807) is 0 Å². The van der Waals surface area contributed by atoms with Gasteiger partial charge in [0, 0.05) is 21.2 Å². The summed E-state index contributed by atoms with van der Waals surface area (Å²) in [5.74, 6) is 4.64. The molecule has 0 radical (unpaired) electrons. The molecule has 2 unspecified atom stereocenters. The van der Waals surface area contributed by atoms with Crippen molar-refractivity contribution >= 4 is 23.2 Å². The van der Waals surface area contributed by atoms with Crippen molar-refractivity contribution in [3.63, 3.8) is 0 Å². The lowest BCUT2D eigenvalue weighted by Crippen LogP contribution is -2.06. The van der Waals surface area contributed by atoms with E-state index in [0.717, 1.165) is 70.6 Å². The summed E-state index contributed by atoms with van der Waals surface area (Å²) < 4.78 is 12.4. The fraction of sp³-hybridized carbons (Fsp3) is 0.538. The van der Waals surface area contributed by atoms with Crippen LogP contribution in [0.2, 0.25) is 10.0 Å². The number of halogens is 2. The van der Waals surface area contributed by atoms with Gasteiger partial charge in [0.05, 0.1) is 13.2 Å². The molecule has 0 saturated carbocycles. The first-order valence-corrected chi connectivity index (χ1v) is 17.3. The summed E-state index contributed by atoms with van der Waals surface area (Å²) in [6.45, 7) is 17.4. The van der Waals surface area contributed by atoms with Gasteiger partial charge in [0.2, 0.25) is 0 Å². The number of benzene rings is 3. The van der Waals surface area contributed by atoms with Gasteiger partial charge in [-0.3, -0.25) is 0 Å². The van der Waals surface area contributed by atoms with E-state index in [9.17, 15) is 0 Å². The van der Waals surface area contributed by atoms with Crippen LogP contribution in [0.3, 0.4) is 0 Å². The third kappa shape index (κ3) is 11.7. The van der Waals surface area contributed by atoms with Gasteiger partial charge >= 0.3 is 0 Å². The van der Waals surface area contributed by atoms with Crippen LogP contribution in [0.25, 0.3) is 22.3 Å². The minimum Gasteiger partial charge on any atom is -0.494 e. The van der Waals surface area contributed by atoms with Gasteiger partial charge in [-0.1, -0.05) is 128 Å². The van der Waals surface area contributed by atoms with Crippen molar-refractivity contribution in [1.29, 1.82) is 0 Å². The standard InChI is InChI=1S/C39H54Cl2O2/c1-27(2)12-8-14-29(5)20-22-42-33-17-10-16-32(24-33)35-25-38(41)36(26-37(35)40)34-18-11-19-39(31(34)7)43-23-21-30(6)15-9-13-28(3)4/h10-11,16-19,24-30H,8-9,12-15,20-23H2,1-7H3. The van der Waals surface area contributed by atoms with E-state index in [-0.39, 0.29) is 0 Å². The minimum atomic E-state index is 0.662. The van der Waals surface area contributed by atoms with Crippen molar-refractivity contribution in [2.75, 3.05) is 13.2 Å². The Balaban J connectivity index is 1.64. The highest BCUT2D eigenvalue weighted by Crippen LogP contribution is 2.41. The van der Waals surface area contributed by atoms with Crippen LogP contribution in [0.15, 0.2) is 54.6 Å². The second-order valence-electron chi connectivity index (χ2n) is 13.4. The molecule has 3 rings (SSSR count). The lowest BCUT2D eigenvalue weighted by molar-refractivity contribution is 0.274. The van der Waals surface area contributed by atoms with Crippen molar-refractivity contribution in [2.24, 2.45) is 23.7 Å². The average molecular weight is 626 g/mol. The molecule has 0 spiro atoms. The maximum Gasteiger partial charge on any atom is 0.122 e. The van der Waals surface area contributed by atoms with Crippen LogP contribution >= 0.6 is 23.2 Å². The third-order valence-corrected chi connectivity index (χ3v) is 9.11. The lowest BCUT2D eigenvalue weighted by atomic mass is 9.96. The summed E-state index contributed by atoms with van der Waals surface area (Å²) in [4.78, 5) is 0. The van der Waals surface area contributed by atoms with E-state index in [1.807, 2.05) is 36.4 Å². The SMILES string of the molecule is Cc1c(OCCC(C)CCCC(C)C)cccc1-c1cc(Cl)c(-c2cccc(OCCC(C)CCCC(C)C)c2)cc1Cl. The summed E-state index contributed by atoms with van der Waals surface area (Å²) in [5, 5.41) is 1.33. The molecule has 3 aromatic carbocycles. The van der Waals surface area contributed by atoms with Crippen molar-refractivity contribution < 1.29 is 9.47 Å². The normalized spacial score (nSPS) is 13.0. The Morgan fingerprint density at radius 1 is 0.581 bits per heavy atom. The van der Waals surface area contributed by atoms with E-state index in [2.05, 4.69) is 66.7 Å². The fourth-order valence-corrected chi connectivity index (χ4v) is 6.11. The van der Waals surface area contributed by atoms with Gasteiger partial charge in [0.15, 0.2) is 0 Å². The second-order valence-corrected chi connectivity index (χ2v) is 14.2. The summed E-state index contributed by atoms with van der Waals surface area (Å²) in [5.41, 5.74) is 4.94. The minimum absolute atomic E-state index is 0.662. The van der Waals surface area contributed by atoms with Crippen molar-refractivity contribution in [2.45, 2.75) is 99.8 Å². The number of rotatable bonds is 18. The zero-order valence-corrected chi connectivity index (χ0v) is 29.2. The first kappa shape index (κ1) is 35.3. The van der Waals surface area contributed by atoms with Crippen molar-refractivity contribution in [1.82, 2.24) is 0 Å². The summed E-state index contributed by atoms with van der Waals surface area (Å²) in [7, 11) is 0. The summed E-state index contributed by atoms with van der Waals surface area (Å²) in [6.07, 6.45) is 9.81. The van der Waals surface area contributed by atoms with Crippen LogP contribution in [0.4, 0.5) is 0 Å². The van der Waals surface area contributed by atoms with Gasteiger partial charge in [-0.2, -0.15) is 0 Å². The molecule has 0 amide bonds. The molecule has 0 aromatic heterocycles. The highest BCUT2D eigenvalue weighted by atomic mass is 35.5. The monoisotopic (exact) mass is 624 g/mol. The topological polar surface area (TPSA) is 18.5 Å². The van der Waals surface area contributed by atoms with Crippen LogP contribution in [-0.4, -0.2) is 13.2 Å². The Hall–Kier alpha value is -2.16. The molecule has 0 heterocycles. The quantitative estimate of drug-likeness (QED) is 0.140. The van der Waals surface area contributed by atoms with E-state index < -0.39 is 0 Å². The molecule has 0 bridgehead atoms. The van der Waals surface area contributed by atoms with Crippen LogP contribution in [0.5, 0.6) is 11.5 Å². The largest absolute Gasteiger partial charge is 0.494 e. The van der Waals surface area contributed by atoms with E-state index in [1.165, 1.54) is 38.5 Å². The number of hydrogen-bond acceptors (Lipinski definition) is 2. The Bertz CT molecular complexity index is 1270. The average Bonchev–Trinajstić information content (AvgIpc) is 2.95. The Morgan fingerprint density at radius 2 is 1.14 bits per heavy atom.